The maximum absolute atomic E-state index is 8.88. The highest BCUT2D eigenvalue weighted by Crippen LogP contribution is 2.42. The molecular formula is C23H25N7. The number of nitriles is 1. The summed E-state index contributed by atoms with van der Waals surface area (Å²) in [5, 5.41) is 9.93. The number of pyridine rings is 2. The quantitative estimate of drug-likeness (QED) is 0.666. The topological polar surface area (TPSA) is 81.8 Å². The molecule has 0 radical (unpaired) electrons. The lowest BCUT2D eigenvalue weighted by Crippen LogP contribution is -2.42. The zero-order valence-corrected chi connectivity index (χ0v) is 17.0. The van der Waals surface area contributed by atoms with E-state index in [-0.39, 0.29) is 0 Å². The molecule has 152 valence electrons. The molecule has 2 fully saturated rings. The number of fused-ring (bicyclic) bond motifs is 1. The normalized spacial score (nSPS) is 18.7. The number of likely N-dealkylation sites (tertiary alicyclic amines) is 1. The van der Waals surface area contributed by atoms with E-state index in [1.54, 1.807) is 12.4 Å². The van der Waals surface area contributed by atoms with Crippen molar-refractivity contribution < 1.29 is 0 Å². The zero-order valence-electron chi connectivity index (χ0n) is 17.0. The van der Waals surface area contributed by atoms with Crippen LogP contribution in [-0.2, 0) is 0 Å². The maximum Gasteiger partial charge on any atom is 0.162 e. The van der Waals surface area contributed by atoms with Crippen molar-refractivity contribution in [2.45, 2.75) is 25.7 Å². The van der Waals surface area contributed by atoms with Crippen LogP contribution in [0.4, 0.5) is 5.82 Å². The molecule has 2 aliphatic rings. The van der Waals surface area contributed by atoms with E-state index in [1.807, 2.05) is 30.6 Å². The van der Waals surface area contributed by atoms with Gasteiger partial charge < -0.3 is 9.80 Å². The predicted molar refractivity (Wildman–Crippen MR) is 116 cm³/mol. The predicted octanol–water partition coefficient (Wildman–Crippen LogP) is 3.29. The van der Waals surface area contributed by atoms with Gasteiger partial charge in [0, 0.05) is 62.1 Å². The molecule has 0 bridgehead atoms. The van der Waals surface area contributed by atoms with Crippen LogP contribution < -0.4 is 4.90 Å². The van der Waals surface area contributed by atoms with E-state index in [4.69, 9.17) is 15.2 Å². The van der Waals surface area contributed by atoms with Crippen LogP contribution in [0.25, 0.3) is 22.3 Å². The fourth-order valence-corrected chi connectivity index (χ4v) is 4.86. The van der Waals surface area contributed by atoms with E-state index in [1.165, 1.54) is 6.42 Å². The smallest absolute Gasteiger partial charge is 0.162 e. The number of anilines is 1. The van der Waals surface area contributed by atoms with Crippen molar-refractivity contribution >= 4 is 16.7 Å². The lowest BCUT2D eigenvalue weighted by Gasteiger charge is -2.40. The van der Waals surface area contributed by atoms with Crippen molar-refractivity contribution in [2.24, 2.45) is 5.41 Å². The van der Waals surface area contributed by atoms with Gasteiger partial charge in [0.2, 0.25) is 0 Å². The van der Waals surface area contributed by atoms with Crippen LogP contribution in [-0.4, -0.2) is 57.6 Å². The molecule has 5 rings (SSSR count). The highest BCUT2D eigenvalue weighted by Gasteiger charge is 2.40. The van der Waals surface area contributed by atoms with Gasteiger partial charge in [-0.2, -0.15) is 5.26 Å². The highest BCUT2D eigenvalue weighted by molar-refractivity contribution is 5.90. The van der Waals surface area contributed by atoms with Gasteiger partial charge in [-0.15, -0.1) is 0 Å². The minimum atomic E-state index is 0.393. The molecule has 2 saturated heterocycles. The molecule has 3 aromatic heterocycles. The summed E-state index contributed by atoms with van der Waals surface area (Å²) in [5.74, 6) is 1.72. The van der Waals surface area contributed by atoms with E-state index >= 15 is 0 Å². The summed E-state index contributed by atoms with van der Waals surface area (Å²) < 4.78 is 0. The molecule has 7 nitrogen and oxygen atoms in total. The number of hydrogen-bond acceptors (Lipinski definition) is 7. The van der Waals surface area contributed by atoms with Gasteiger partial charge in [-0.05, 0) is 49.4 Å². The molecule has 7 heteroatoms. The Balaban J connectivity index is 1.40. The van der Waals surface area contributed by atoms with Gasteiger partial charge in [0.05, 0.1) is 17.8 Å². The van der Waals surface area contributed by atoms with Gasteiger partial charge in [-0.3, -0.25) is 9.97 Å². The van der Waals surface area contributed by atoms with Crippen LogP contribution in [0, 0.1) is 16.7 Å². The first-order chi connectivity index (χ1) is 14.8. The molecule has 0 N–H and O–H groups in total. The van der Waals surface area contributed by atoms with Gasteiger partial charge in [0.1, 0.15) is 5.82 Å². The number of aromatic nitrogens is 4. The third-order valence-corrected chi connectivity index (χ3v) is 6.60. The monoisotopic (exact) mass is 399 g/mol. The van der Waals surface area contributed by atoms with Gasteiger partial charge in [0.25, 0.3) is 0 Å². The van der Waals surface area contributed by atoms with E-state index in [0.29, 0.717) is 11.8 Å². The third-order valence-electron chi connectivity index (χ3n) is 6.60. The Morgan fingerprint density at radius 1 is 0.967 bits per heavy atom. The molecule has 2 aliphatic heterocycles. The summed E-state index contributed by atoms with van der Waals surface area (Å²) in [7, 11) is 0. The summed E-state index contributed by atoms with van der Waals surface area (Å²) in [6.07, 6.45) is 11.4. The standard InChI is InChI=1S/C23H25N7/c24-8-1-12-29-13-5-23(17-29)6-14-30(15-7-23)22-19-4-11-26-16-20(19)27-21(28-22)18-2-9-25-10-3-18/h2-4,9-11,16H,1,5-7,12-15,17H2. The fraction of sp³-hybridized carbons (Fsp3) is 0.435. The summed E-state index contributed by atoms with van der Waals surface area (Å²) >= 11 is 0. The number of piperidine rings is 1. The molecule has 0 aliphatic carbocycles. The zero-order chi connectivity index (χ0) is 20.4. The first-order valence-electron chi connectivity index (χ1n) is 10.6. The van der Waals surface area contributed by atoms with Crippen LogP contribution in [0.5, 0.6) is 0 Å². The van der Waals surface area contributed by atoms with Gasteiger partial charge >= 0.3 is 0 Å². The van der Waals surface area contributed by atoms with Crippen molar-refractivity contribution in [3.05, 3.63) is 43.0 Å². The molecule has 0 unspecified atom stereocenters. The number of rotatable bonds is 4. The Labute approximate surface area is 176 Å². The number of hydrogen-bond donors (Lipinski definition) is 0. The Bertz CT molecular complexity index is 1070. The van der Waals surface area contributed by atoms with Crippen LogP contribution in [0.3, 0.4) is 0 Å². The molecule has 1 spiro atoms. The van der Waals surface area contributed by atoms with Crippen molar-refractivity contribution in [3.8, 4) is 17.5 Å². The van der Waals surface area contributed by atoms with Crippen molar-refractivity contribution in [1.29, 1.82) is 5.26 Å². The Kier molecular flexibility index (Phi) is 5.01. The fourth-order valence-electron chi connectivity index (χ4n) is 4.86. The van der Waals surface area contributed by atoms with Gasteiger partial charge in [0.15, 0.2) is 5.82 Å². The van der Waals surface area contributed by atoms with E-state index in [9.17, 15) is 0 Å². The van der Waals surface area contributed by atoms with Gasteiger partial charge in [-0.1, -0.05) is 0 Å². The molecule has 3 aromatic rings. The molecular weight excluding hydrogens is 374 g/mol. The summed E-state index contributed by atoms with van der Waals surface area (Å²) in [5.41, 5.74) is 2.23. The van der Waals surface area contributed by atoms with E-state index in [0.717, 1.165) is 73.7 Å². The maximum atomic E-state index is 8.88. The lowest BCUT2D eigenvalue weighted by atomic mass is 9.77. The molecule has 0 amide bonds. The first kappa shape index (κ1) is 18.9. The lowest BCUT2D eigenvalue weighted by molar-refractivity contribution is 0.210. The van der Waals surface area contributed by atoms with Crippen molar-refractivity contribution in [3.63, 3.8) is 0 Å². The third kappa shape index (κ3) is 3.59. The summed E-state index contributed by atoms with van der Waals surface area (Å²) in [6.45, 7) is 5.14. The second kappa shape index (κ2) is 7.96. The van der Waals surface area contributed by atoms with Gasteiger partial charge in [-0.25, -0.2) is 9.97 Å². The Morgan fingerprint density at radius 2 is 1.73 bits per heavy atom. The van der Waals surface area contributed by atoms with Crippen LogP contribution in [0.15, 0.2) is 43.0 Å². The molecule has 30 heavy (non-hydrogen) atoms. The average molecular weight is 400 g/mol. The molecule has 0 saturated carbocycles. The highest BCUT2D eigenvalue weighted by atomic mass is 15.2. The van der Waals surface area contributed by atoms with Crippen molar-refractivity contribution in [2.75, 3.05) is 37.6 Å². The largest absolute Gasteiger partial charge is 0.356 e. The second-order valence-corrected chi connectivity index (χ2v) is 8.42. The van der Waals surface area contributed by atoms with Crippen molar-refractivity contribution in [1.82, 2.24) is 24.8 Å². The SMILES string of the molecule is N#CCCN1CCC2(CCN(c3nc(-c4ccncc4)nc4cnccc34)CC2)C1. The van der Waals surface area contributed by atoms with E-state index in [2.05, 4.69) is 25.8 Å². The Hall–Kier alpha value is -3.11. The number of nitrogens with zero attached hydrogens (tertiary/aromatic N) is 7. The molecule has 0 aromatic carbocycles. The summed E-state index contributed by atoms with van der Waals surface area (Å²) in [4.78, 5) is 23.0. The van der Waals surface area contributed by atoms with Crippen LogP contribution >= 0.6 is 0 Å². The minimum Gasteiger partial charge on any atom is -0.356 e. The second-order valence-electron chi connectivity index (χ2n) is 8.42. The Morgan fingerprint density at radius 3 is 2.53 bits per heavy atom. The van der Waals surface area contributed by atoms with E-state index < -0.39 is 0 Å². The summed E-state index contributed by atoms with van der Waals surface area (Å²) in [6, 6.07) is 8.19. The minimum absolute atomic E-state index is 0.393. The molecule has 0 atom stereocenters. The van der Waals surface area contributed by atoms with Crippen LogP contribution in [0.2, 0.25) is 0 Å². The average Bonchev–Trinajstić information content (AvgIpc) is 3.20. The molecule has 5 heterocycles. The first-order valence-corrected chi connectivity index (χ1v) is 10.6. The van der Waals surface area contributed by atoms with Crippen LogP contribution in [0.1, 0.15) is 25.7 Å².